The van der Waals surface area contributed by atoms with Crippen LogP contribution in [-0.2, 0) is 12.8 Å². The monoisotopic (exact) mass is 208 g/mol. The van der Waals surface area contributed by atoms with Gasteiger partial charge in [0.25, 0.3) is 5.91 Å². The van der Waals surface area contributed by atoms with Crippen LogP contribution in [0, 0.1) is 0 Å². The molecular formula is C10H16N4O. The Labute approximate surface area is 88.4 Å². The van der Waals surface area contributed by atoms with Gasteiger partial charge >= 0.3 is 0 Å². The van der Waals surface area contributed by atoms with Gasteiger partial charge in [-0.25, -0.2) is 0 Å². The van der Waals surface area contributed by atoms with Crippen molar-refractivity contribution in [3.8, 4) is 0 Å². The summed E-state index contributed by atoms with van der Waals surface area (Å²) in [6.07, 6.45) is 3.90. The van der Waals surface area contributed by atoms with Crippen LogP contribution in [0.1, 0.15) is 34.6 Å². The molecule has 0 bridgehead atoms. The van der Waals surface area contributed by atoms with E-state index in [4.69, 9.17) is 5.73 Å². The molecule has 0 unspecified atom stereocenters. The minimum absolute atomic E-state index is 0.0807. The first-order chi connectivity index (χ1) is 7.33. The van der Waals surface area contributed by atoms with Crippen molar-refractivity contribution >= 4 is 5.91 Å². The summed E-state index contributed by atoms with van der Waals surface area (Å²) in [5.74, 6) is -0.0807. The molecule has 5 nitrogen and oxygen atoms in total. The van der Waals surface area contributed by atoms with Gasteiger partial charge in [0.2, 0.25) is 0 Å². The average molecular weight is 208 g/mol. The van der Waals surface area contributed by atoms with Crippen LogP contribution in [0.25, 0.3) is 0 Å². The molecule has 0 atom stereocenters. The van der Waals surface area contributed by atoms with Crippen LogP contribution in [-0.4, -0.2) is 29.2 Å². The second-order valence-electron chi connectivity index (χ2n) is 3.78. The Balaban J connectivity index is 2.00. The lowest BCUT2D eigenvalue weighted by Crippen LogP contribution is -2.27. The van der Waals surface area contributed by atoms with Gasteiger partial charge in [-0.2, -0.15) is 5.10 Å². The van der Waals surface area contributed by atoms with E-state index < -0.39 is 0 Å². The van der Waals surface area contributed by atoms with Crippen LogP contribution in [0.5, 0.6) is 0 Å². The number of aromatic nitrogens is 2. The summed E-state index contributed by atoms with van der Waals surface area (Å²) in [6, 6.07) is 0. The van der Waals surface area contributed by atoms with E-state index in [2.05, 4.69) is 15.5 Å². The summed E-state index contributed by atoms with van der Waals surface area (Å²) in [6.45, 7) is 1.22. The van der Waals surface area contributed by atoms with E-state index in [9.17, 15) is 4.79 Å². The molecule has 0 radical (unpaired) electrons. The summed E-state index contributed by atoms with van der Waals surface area (Å²) >= 11 is 0. The Morgan fingerprint density at radius 1 is 1.53 bits per heavy atom. The number of amides is 1. The third kappa shape index (κ3) is 2.02. The Morgan fingerprint density at radius 3 is 3.20 bits per heavy atom. The van der Waals surface area contributed by atoms with Gasteiger partial charge in [0.15, 0.2) is 5.69 Å². The maximum atomic E-state index is 11.7. The molecule has 5 heteroatoms. The summed E-state index contributed by atoms with van der Waals surface area (Å²) in [5, 5.41) is 9.78. The Bertz CT molecular complexity index is 358. The molecular weight excluding hydrogens is 192 g/mol. The lowest BCUT2D eigenvalue weighted by Gasteiger charge is -2.02. The van der Waals surface area contributed by atoms with Gasteiger partial charge in [-0.1, -0.05) is 0 Å². The van der Waals surface area contributed by atoms with Crippen molar-refractivity contribution in [2.75, 3.05) is 13.1 Å². The zero-order valence-corrected chi connectivity index (χ0v) is 8.68. The number of hydrogen-bond acceptors (Lipinski definition) is 3. The van der Waals surface area contributed by atoms with Gasteiger partial charge in [0.1, 0.15) is 0 Å². The number of rotatable bonds is 4. The standard InChI is InChI=1S/C10H16N4O/c11-5-2-6-12-10(15)9-7-3-1-4-8(7)13-14-9/h1-6,11H2,(H,12,15)(H,13,14). The average Bonchev–Trinajstić information content (AvgIpc) is 2.78. The van der Waals surface area contributed by atoms with Gasteiger partial charge in [-0.15, -0.1) is 0 Å². The smallest absolute Gasteiger partial charge is 0.272 e. The van der Waals surface area contributed by atoms with Crippen molar-refractivity contribution in [1.29, 1.82) is 0 Å². The van der Waals surface area contributed by atoms with Crippen molar-refractivity contribution in [1.82, 2.24) is 15.5 Å². The topological polar surface area (TPSA) is 83.8 Å². The fourth-order valence-electron chi connectivity index (χ4n) is 1.89. The Hall–Kier alpha value is -1.36. The summed E-state index contributed by atoms with van der Waals surface area (Å²) in [4.78, 5) is 11.7. The molecule has 4 N–H and O–H groups in total. The van der Waals surface area contributed by atoms with Crippen molar-refractivity contribution in [2.45, 2.75) is 25.7 Å². The minimum atomic E-state index is -0.0807. The molecule has 82 valence electrons. The fraction of sp³-hybridized carbons (Fsp3) is 0.600. The lowest BCUT2D eigenvalue weighted by molar-refractivity contribution is 0.0947. The van der Waals surface area contributed by atoms with Crippen LogP contribution < -0.4 is 11.1 Å². The first-order valence-corrected chi connectivity index (χ1v) is 5.37. The van der Waals surface area contributed by atoms with Crippen LogP contribution in [0.4, 0.5) is 0 Å². The third-order valence-electron chi connectivity index (χ3n) is 2.69. The number of nitrogens with zero attached hydrogens (tertiary/aromatic N) is 1. The van der Waals surface area contributed by atoms with E-state index in [1.54, 1.807) is 0 Å². The van der Waals surface area contributed by atoms with E-state index in [0.29, 0.717) is 18.8 Å². The number of aromatic amines is 1. The SMILES string of the molecule is NCCCNC(=O)c1n[nH]c2c1CCC2. The Kier molecular flexibility index (Phi) is 3.01. The zero-order chi connectivity index (χ0) is 10.7. The normalized spacial score (nSPS) is 13.9. The predicted octanol–water partition coefficient (Wildman–Crippen LogP) is -0.0230. The predicted molar refractivity (Wildman–Crippen MR) is 56.6 cm³/mol. The van der Waals surface area contributed by atoms with Crippen LogP contribution >= 0.6 is 0 Å². The molecule has 0 spiro atoms. The molecule has 1 aromatic heterocycles. The number of nitrogens with one attached hydrogen (secondary N) is 2. The highest BCUT2D eigenvalue weighted by Crippen LogP contribution is 2.22. The Morgan fingerprint density at radius 2 is 2.40 bits per heavy atom. The fourth-order valence-corrected chi connectivity index (χ4v) is 1.89. The molecule has 0 aliphatic heterocycles. The summed E-state index contributed by atoms with van der Waals surface area (Å²) < 4.78 is 0. The third-order valence-corrected chi connectivity index (χ3v) is 2.69. The maximum absolute atomic E-state index is 11.7. The van der Waals surface area contributed by atoms with Crippen molar-refractivity contribution in [3.63, 3.8) is 0 Å². The highest BCUT2D eigenvalue weighted by atomic mass is 16.1. The van der Waals surface area contributed by atoms with Crippen molar-refractivity contribution < 1.29 is 4.79 Å². The molecule has 0 fully saturated rings. The number of H-pyrrole nitrogens is 1. The molecule has 0 saturated heterocycles. The van der Waals surface area contributed by atoms with E-state index >= 15 is 0 Å². The first kappa shape index (κ1) is 10.2. The molecule has 1 aromatic rings. The van der Waals surface area contributed by atoms with Crippen LogP contribution in [0.2, 0.25) is 0 Å². The number of fused-ring (bicyclic) bond motifs is 1. The lowest BCUT2D eigenvalue weighted by atomic mass is 10.2. The van der Waals surface area contributed by atoms with E-state index in [1.165, 1.54) is 0 Å². The molecule has 0 aromatic carbocycles. The van der Waals surface area contributed by atoms with Gasteiger partial charge in [-0.3, -0.25) is 9.89 Å². The number of aryl methyl sites for hydroxylation is 1. The summed E-state index contributed by atoms with van der Waals surface area (Å²) in [7, 11) is 0. The quantitative estimate of drug-likeness (QED) is 0.608. The van der Waals surface area contributed by atoms with E-state index in [-0.39, 0.29) is 5.91 Å². The zero-order valence-electron chi connectivity index (χ0n) is 8.68. The molecule has 0 saturated carbocycles. The summed E-state index contributed by atoms with van der Waals surface area (Å²) in [5.41, 5.74) is 8.14. The van der Waals surface area contributed by atoms with Crippen molar-refractivity contribution in [3.05, 3.63) is 17.0 Å². The molecule has 1 aliphatic rings. The number of hydrogen-bond donors (Lipinski definition) is 3. The highest BCUT2D eigenvalue weighted by Gasteiger charge is 2.22. The van der Waals surface area contributed by atoms with Gasteiger partial charge in [-0.05, 0) is 32.2 Å². The second kappa shape index (κ2) is 4.44. The van der Waals surface area contributed by atoms with E-state index in [1.807, 2.05) is 0 Å². The molecule has 15 heavy (non-hydrogen) atoms. The van der Waals surface area contributed by atoms with E-state index in [0.717, 1.165) is 36.9 Å². The first-order valence-electron chi connectivity index (χ1n) is 5.37. The highest BCUT2D eigenvalue weighted by molar-refractivity contribution is 5.94. The van der Waals surface area contributed by atoms with Crippen LogP contribution in [0.3, 0.4) is 0 Å². The molecule has 1 amide bonds. The van der Waals surface area contributed by atoms with Gasteiger partial charge < -0.3 is 11.1 Å². The number of nitrogens with two attached hydrogens (primary N) is 1. The second-order valence-corrected chi connectivity index (χ2v) is 3.78. The maximum Gasteiger partial charge on any atom is 0.272 e. The van der Waals surface area contributed by atoms with Crippen molar-refractivity contribution in [2.24, 2.45) is 5.73 Å². The van der Waals surface area contributed by atoms with Gasteiger partial charge in [0.05, 0.1) is 0 Å². The molecule has 1 heterocycles. The number of carbonyl (C=O) groups excluding carboxylic acids is 1. The largest absolute Gasteiger partial charge is 0.351 e. The van der Waals surface area contributed by atoms with Gasteiger partial charge in [0, 0.05) is 17.8 Å². The number of carbonyl (C=O) groups is 1. The molecule has 2 rings (SSSR count). The van der Waals surface area contributed by atoms with Crippen LogP contribution in [0.15, 0.2) is 0 Å². The minimum Gasteiger partial charge on any atom is -0.351 e. The molecule has 1 aliphatic carbocycles.